The van der Waals surface area contributed by atoms with Crippen LogP contribution in [0.3, 0.4) is 0 Å². The Morgan fingerprint density at radius 1 is 0.812 bits per heavy atom. The summed E-state index contributed by atoms with van der Waals surface area (Å²) in [6.45, 7) is 3.24. The van der Waals surface area contributed by atoms with Crippen molar-refractivity contribution in [2.75, 3.05) is 31.1 Å². The van der Waals surface area contributed by atoms with Crippen molar-refractivity contribution in [3.05, 3.63) is 102 Å². The summed E-state index contributed by atoms with van der Waals surface area (Å²) in [7, 11) is 0. The highest BCUT2D eigenvalue weighted by molar-refractivity contribution is 6.10. The van der Waals surface area contributed by atoms with Crippen molar-refractivity contribution in [3.63, 3.8) is 0 Å². The Morgan fingerprint density at radius 3 is 2.16 bits per heavy atom. The van der Waals surface area contributed by atoms with Crippen LogP contribution in [0, 0.1) is 0 Å². The van der Waals surface area contributed by atoms with Crippen LogP contribution in [-0.2, 0) is 0 Å². The maximum Gasteiger partial charge on any atom is 0.195 e. The first-order valence-electron chi connectivity index (χ1n) is 11.1. The number of aliphatic hydroxyl groups is 1. The minimum Gasteiger partial charge on any atom is -0.383 e. The van der Waals surface area contributed by atoms with E-state index in [1.54, 1.807) is 6.20 Å². The first kappa shape index (κ1) is 20.5. The van der Waals surface area contributed by atoms with Crippen LogP contribution >= 0.6 is 0 Å². The number of rotatable bonds is 6. The zero-order chi connectivity index (χ0) is 21.9. The number of nitrogens with zero attached hydrogens (tertiary/aromatic N) is 2. The average molecular weight is 426 g/mol. The lowest BCUT2D eigenvalue weighted by molar-refractivity contribution is 0.0366. The van der Waals surface area contributed by atoms with Crippen LogP contribution in [-0.4, -0.2) is 53.1 Å². The molecule has 0 radical (unpaired) electrons. The number of aliphatic hydroxyl groups excluding tert-OH is 1. The standard InChI is InChI=1S/C27H27N3O2/c31-26(23-19-28-24-14-8-7-13-22(23)24)27(32)25(20-9-3-1-4-10-20)30-17-15-29(16-18-30)21-11-5-2-6-12-21/h1-14,19,25,27-28,32H,15-18H2/t25-,27+/m0/s1. The summed E-state index contributed by atoms with van der Waals surface area (Å²) in [5, 5.41) is 12.2. The van der Waals surface area contributed by atoms with E-state index in [-0.39, 0.29) is 5.78 Å². The molecule has 0 amide bonds. The summed E-state index contributed by atoms with van der Waals surface area (Å²) in [6.07, 6.45) is 0.561. The van der Waals surface area contributed by atoms with Crippen LogP contribution in [0.15, 0.2) is 91.1 Å². The fraction of sp³-hybridized carbons (Fsp3) is 0.222. The molecule has 2 heterocycles. The summed E-state index contributed by atoms with van der Waals surface area (Å²) >= 11 is 0. The normalized spacial score (nSPS) is 16.7. The van der Waals surface area contributed by atoms with Gasteiger partial charge in [-0.05, 0) is 23.8 Å². The highest BCUT2D eigenvalue weighted by Crippen LogP contribution is 2.30. The minimum atomic E-state index is -1.15. The number of hydrogen-bond donors (Lipinski definition) is 2. The number of fused-ring (bicyclic) bond motifs is 1. The number of piperazine rings is 1. The lowest BCUT2D eigenvalue weighted by Gasteiger charge is -2.41. The maximum absolute atomic E-state index is 13.5. The van der Waals surface area contributed by atoms with Gasteiger partial charge in [-0.1, -0.05) is 66.7 Å². The van der Waals surface area contributed by atoms with Gasteiger partial charge in [0.15, 0.2) is 5.78 Å². The lowest BCUT2D eigenvalue weighted by atomic mass is 9.93. The summed E-state index contributed by atoms with van der Waals surface area (Å²) in [5.74, 6) is -0.248. The van der Waals surface area contributed by atoms with Gasteiger partial charge in [0.05, 0.1) is 6.04 Å². The van der Waals surface area contributed by atoms with E-state index < -0.39 is 12.1 Å². The molecule has 5 heteroatoms. The molecule has 2 N–H and O–H groups in total. The SMILES string of the molecule is O=C(c1c[nH]c2ccccc12)[C@H](O)[C@H](c1ccccc1)N1CCN(c2ccccc2)CC1. The molecule has 4 aromatic rings. The molecular formula is C27H27N3O2. The Kier molecular flexibility index (Phi) is 5.75. The molecular weight excluding hydrogens is 398 g/mol. The van der Waals surface area contributed by atoms with E-state index >= 15 is 0 Å². The number of carbonyl (C=O) groups excluding carboxylic acids is 1. The number of anilines is 1. The molecule has 0 aliphatic carbocycles. The van der Waals surface area contributed by atoms with Gasteiger partial charge in [0.25, 0.3) is 0 Å². The second kappa shape index (κ2) is 8.99. The molecule has 162 valence electrons. The fourth-order valence-corrected chi connectivity index (χ4v) is 4.72. The molecule has 1 fully saturated rings. The van der Waals surface area contributed by atoms with E-state index in [1.807, 2.05) is 60.7 Å². The number of H-pyrrole nitrogens is 1. The molecule has 0 saturated carbocycles. The number of nitrogens with one attached hydrogen (secondary N) is 1. The Balaban J connectivity index is 1.41. The number of carbonyl (C=O) groups is 1. The van der Waals surface area contributed by atoms with Crippen LogP contribution in [0.5, 0.6) is 0 Å². The van der Waals surface area contributed by atoms with Crippen molar-refractivity contribution in [1.82, 2.24) is 9.88 Å². The summed E-state index contributed by atoms with van der Waals surface area (Å²) in [6, 6.07) is 27.6. The van der Waals surface area contributed by atoms with Crippen LogP contribution in [0.1, 0.15) is 22.0 Å². The van der Waals surface area contributed by atoms with Crippen molar-refractivity contribution in [2.45, 2.75) is 12.1 Å². The molecule has 0 spiro atoms. The van der Waals surface area contributed by atoms with E-state index in [1.165, 1.54) is 5.69 Å². The van der Waals surface area contributed by atoms with Crippen LogP contribution in [0.4, 0.5) is 5.69 Å². The third-order valence-corrected chi connectivity index (χ3v) is 6.39. The molecule has 0 unspecified atom stereocenters. The van der Waals surface area contributed by atoms with E-state index in [0.717, 1.165) is 42.6 Å². The largest absolute Gasteiger partial charge is 0.383 e. The van der Waals surface area contributed by atoms with Gasteiger partial charge in [-0.15, -0.1) is 0 Å². The second-order valence-corrected chi connectivity index (χ2v) is 8.27. The highest BCUT2D eigenvalue weighted by Gasteiger charge is 2.35. The first-order valence-corrected chi connectivity index (χ1v) is 11.1. The summed E-state index contributed by atoms with van der Waals surface area (Å²) < 4.78 is 0. The number of ketones is 1. The third kappa shape index (κ3) is 3.93. The van der Waals surface area contributed by atoms with Crippen molar-refractivity contribution >= 4 is 22.4 Å². The molecule has 1 aromatic heterocycles. The smallest absolute Gasteiger partial charge is 0.195 e. The van der Waals surface area contributed by atoms with E-state index in [0.29, 0.717) is 5.56 Å². The molecule has 3 aromatic carbocycles. The topological polar surface area (TPSA) is 59.6 Å². The Morgan fingerprint density at radius 2 is 1.44 bits per heavy atom. The zero-order valence-electron chi connectivity index (χ0n) is 17.9. The predicted octanol–water partition coefficient (Wildman–Crippen LogP) is 4.28. The number of hydrogen-bond acceptors (Lipinski definition) is 4. The molecule has 5 rings (SSSR count). The van der Waals surface area contributed by atoms with Crippen LogP contribution < -0.4 is 4.90 Å². The number of aromatic amines is 1. The third-order valence-electron chi connectivity index (χ3n) is 6.39. The van der Waals surface area contributed by atoms with E-state index in [9.17, 15) is 9.90 Å². The Bertz CT molecular complexity index is 1180. The van der Waals surface area contributed by atoms with E-state index in [4.69, 9.17) is 0 Å². The zero-order valence-corrected chi connectivity index (χ0v) is 17.9. The fourth-order valence-electron chi connectivity index (χ4n) is 4.72. The second-order valence-electron chi connectivity index (χ2n) is 8.27. The van der Waals surface area contributed by atoms with Gasteiger partial charge in [-0.25, -0.2) is 0 Å². The summed E-state index contributed by atoms with van der Waals surface area (Å²) in [5.41, 5.74) is 3.60. The van der Waals surface area contributed by atoms with Gasteiger partial charge >= 0.3 is 0 Å². The van der Waals surface area contributed by atoms with Gasteiger partial charge in [-0.3, -0.25) is 9.69 Å². The summed E-state index contributed by atoms with van der Waals surface area (Å²) in [4.78, 5) is 21.2. The van der Waals surface area contributed by atoms with Gasteiger partial charge in [0.2, 0.25) is 0 Å². The molecule has 5 nitrogen and oxygen atoms in total. The van der Waals surface area contributed by atoms with Gasteiger partial charge in [0.1, 0.15) is 6.10 Å². The van der Waals surface area contributed by atoms with Gasteiger partial charge < -0.3 is 15.0 Å². The number of aromatic nitrogens is 1. The van der Waals surface area contributed by atoms with Crippen LogP contribution in [0.25, 0.3) is 10.9 Å². The lowest BCUT2D eigenvalue weighted by Crippen LogP contribution is -2.51. The molecule has 1 aliphatic heterocycles. The van der Waals surface area contributed by atoms with Crippen molar-refractivity contribution in [2.24, 2.45) is 0 Å². The molecule has 1 saturated heterocycles. The molecule has 1 aliphatic rings. The highest BCUT2D eigenvalue weighted by atomic mass is 16.3. The molecule has 0 bridgehead atoms. The number of para-hydroxylation sites is 2. The Hall–Kier alpha value is -3.41. The Labute approximate surface area is 187 Å². The van der Waals surface area contributed by atoms with Crippen LogP contribution in [0.2, 0.25) is 0 Å². The predicted molar refractivity (Wildman–Crippen MR) is 128 cm³/mol. The molecule has 2 atom stereocenters. The number of benzene rings is 3. The quantitative estimate of drug-likeness (QED) is 0.453. The van der Waals surface area contributed by atoms with E-state index in [2.05, 4.69) is 39.0 Å². The first-order chi connectivity index (χ1) is 15.7. The van der Waals surface area contributed by atoms with Crippen molar-refractivity contribution in [1.29, 1.82) is 0 Å². The number of Topliss-reactive ketones (excluding diaryl/α,β-unsaturated/α-hetero) is 1. The average Bonchev–Trinajstić information content (AvgIpc) is 3.29. The molecule has 32 heavy (non-hydrogen) atoms. The van der Waals surface area contributed by atoms with Crippen molar-refractivity contribution < 1.29 is 9.90 Å². The van der Waals surface area contributed by atoms with Gasteiger partial charge in [0, 0.05) is 54.5 Å². The monoisotopic (exact) mass is 425 g/mol. The van der Waals surface area contributed by atoms with Crippen molar-refractivity contribution in [3.8, 4) is 0 Å². The minimum absolute atomic E-state index is 0.248. The maximum atomic E-state index is 13.5. The van der Waals surface area contributed by atoms with Gasteiger partial charge in [-0.2, -0.15) is 0 Å².